The Morgan fingerprint density at radius 2 is 2.29 bits per heavy atom. The zero-order chi connectivity index (χ0) is 9.90. The fourth-order valence-electron chi connectivity index (χ4n) is 1.53. The number of amides is 2. The average molecular weight is 211 g/mol. The first-order valence-corrected chi connectivity index (χ1v) is 4.06. The van der Waals surface area contributed by atoms with Crippen molar-refractivity contribution in [2.75, 3.05) is 32.8 Å². The zero-order valence-electron chi connectivity index (χ0n) is 8.15. The van der Waals surface area contributed by atoms with Crippen LogP contribution in [-0.4, -0.2) is 54.4 Å². The number of aliphatic hydroxyl groups excluding tert-OH is 1. The molecule has 2 N–H and O–H groups in total. The second-order valence-electron chi connectivity index (χ2n) is 3.08. The van der Waals surface area contributed by atoms with Crippen LogP contribution in [0.3, 0.4) is 0 Å². The van der Waals surface area contributed by atoms with Gasteiger partial charge in [-0.05, 0) is 0 Å². The van der Waals surface area contributed by atoms with Crippen LogP contribution in [0.5, 0.6) is 0 Å². The first-order chi connectivity index (χ1) is 6.10. The molecule has 6 nitrogen and oxygen atoms in total. The van der Waals surface area contributed by atoms with Crippen molar-refractivity contribution in [2.45, 2.75) is 0 Å². The van der Waals surface area contributed by atoms with Crippen molar-refractivity contribution in [1.82, 2.24) is 5.32 Å². The molecule has 14 heavy (non-hydrogen) atoms. The molecule has 0 aromatic rings. The fraction of sp³-hybridized carbons (Fsp3) is 0.714. The van der Waals surface area contributed by atoms with E-state index >= 15 is 0 Å². The van der Waals surface area contributed by atoms with E-state index in [-0.39, 0.29) is 59.8 Å². The summed E-state index contributed by atoms with van der Waals surface area (Å²) in [5, 5.41) is 21.6. The number of hydrogen-bond acceptors (Lipinski definition) is 4. The number of hydrogen-bond donors (Lipinski definition) is 2. The van der Waals surface area contributed by atoms with E-state index in [1.54, 1.807) is 0 Å². The number of aliphatic carboxylic acids is 1. The summed E-state index contributed by atoms with van der Waals surface area (Å²) in [6.45, 7) is 0.395. The van der Waals surface area contributed by atoms with Crippen LogP contribution in [0, 0.1) is 0 Å². The Hall–Kier alpha value is -0.140. The van der Waals surface area contributed by atoms with Gasteiger partial charge in [-0.15, -0.1) is 0 Å². The van der Waals surface area contributed by atoms with E-state index in [1.165, 1.54) is 0 Å². The van der Waals surface area contributed by atoms with Crippen LogP contribution in [-0.2, 0) is 4.79 Å². The maximum Gasteiger partial charge on any atom is 1.00 e. The molecule has 1 atom stereocenters. The van der Waals surface area contributed by atoms with Gasteiger partial charge in [0.15, 0.2) is 0 Å². The number of aliphatic hydroxyl groups is 1. The number of carboxylic acid groups (broad SMARTS) is 1. The molecule has 74 valence electrons. The van der Waals surface area contributed by atoms with Gasteiger partial charge in [0, 0.05) is 0 Å². The number of nitrogens with zero attached hydrogens (tertiary/aromatic N) is 1. The summed E-state index contributed by atoms with van der Waals surface area (Å²) in [4.78, 5) is 21.7. The Labute approximate surface area is 104 Å². The predicted octanol–water partition coefficient (Wildman–Crippen LogP) is -5.73. The molecule has 1 heterocycles. The number of nitrogens with one attached hydrogen (secondary N) is 1. The molecule has 0 spiro atoms. The minimum absolute atomic E-state index is 0. The van der Waals surface area contributed by atoms with Gasteiger partial charge in [0.1, 0.15) is 19.6 Å². The normalized spacial score (nSPS) is 25.4. The SMILES string of the molecule is O=C([O-])C[N+]1(CCO)CCNC1=O.[Na+]. The van der Waals surface area contributed by atoms with Crippen LogP contribution in [0.2, 0.25) is 0 Å². The van der Waals surface area contributed by atoms with Gasteiger partial charge in [-0.25, -0.2) is 9.28 Å². The van der Waals surface area contributed by atoms with E-state index < -0.39 is 5.97 Å². The van der Waals surface area contributed by atoms with E-state index in [0.29, 0.717) is 13.1 Å². The number of urea groups is 1. The molecule has 2 amide bonds. The van der Waals surface area contributed by atoms with Crippen molar-refractivity contribution in [3.8, 4) is 0 Å². The second kappa shape index (κ2) is 5.67. The molecule has 0 aromatic heterocycles. The molecule has 1 aliphatic heterocycles. The number of rotatable bonds is 4. The first-order valence-electron chi connectivity index (χ1n) is 4.06. The van der Waals surface area contributed by atoms with E-state index in [2.05, 4.69) is 5.32 Å². The van der Waals surface area contributed by atoms with Crippen molar-refractivity contribution in [3.05, 3.63) is 0 Å². The predicted molar refractivity (Wildman–Crippen MR) is 40.4 cm³/mol. The van der Waals surface area contributed by atoms with Gasteiger partial charge in [-0.2, -0.15) is 0 Å². The molecule has 1 saturated heterocycles. The minimum Gasteiger partial charge on any atom is -0.544 e. The molecule has 1 rings (SSSR count). The van der Waals surface area contributed by atoms with Gasteiger partial charge in [0.05, 0.1) is 19.1 Å². The summed E-state index contributed by atoms with van der Waals surface area (Å²) in [6, 6.07) is -0.349. The Morgan fingerprint density at radius 3 is 2.64 bits per heavy atom. The van der Waals surface area contributed by atoms with E-state index in [1.807, 2.05) is 0 Å². The van der Waals surface area contributed by atoms with Crippen LogP contribution in [0.25, 0.3) is 0 Å². The Morgan fingerprint density at radius 1 is 1.64 bits per heavy atom. The van der Waals surface area contributed by atoms with Crippen LogP contribution in [0.15, 0.2) is 0 Å². The molecular formula is C7H12N2NaO4+. The Bertz CT molecular complexity index is 236. The summed E-state index contributed by atoms with van der Waals surface area (Å²) in [7, 11) is 0. The molecule has 0 radical (unpaired) electrons. The van der Waals surface area contributed by atoms with Crippen LogP contribution >= 0.6 is 0 Å². The van der Waals surface area contributed by atoms with Crippen molar-refractivity contribution in [2.24, 2.45) is 0 Å². The van der Waals surface area contributed by atoms with Crippen molar-refractivity contribution >= 4 is 12.0 Å². The third-order valence-corrected chi connectivity index (χ3v) is 2.21. The maximum absolute atomic E-state index is 11.3. The summed E-state index contributed by atoms with van der Waals surface area (Å²) in [6.07, 6.45) is 0. The van der Waals surface area contributed by atoms with E-state index in [9.17, 15) is 14.7 Å². The van der Waals surface area contributed by atoms with E-state index in [4.69, 9.17) is 5.11 Å². The maximum atomic E-state index is 11.3. The number of carbonyl (C=O) groups excluding carboxylic acids is 2. The second-order valence-corrected chi connectivity index (χ2v) is 3.08. The molecule has 0 bridgehead atoms. The largest absolute Gasteiger partial charge is 1.00 e. The van der Waals surface area contributed by atoms with Crippen LogP contribution in [0.1, 0.15) is 0 Å². The van der Waals surface area contributed by atoms with Crippen molar-refractivity contribution in [3.63, 3.8) is 0 Å². The van der Waals surface area contributed by atoms with Gasteiger partial charge in [0.25, 0.3) is 0 Å². The fourth-order valence-corrected chi connectivity index (χ4v) is 1.53. The molecule has 1 unspecified atom stereocenters. The van der Waals surface area contributed by atoms with Crippen LogP contribution < -0.4 is 40.0 Å². The van der Waals surface area contributed by atoms with Gasteiger partial charge in [-0.3, -0.25) is 5.32 Å². The smallest absolute Gasteiger partial charge is 0.544 e. The summed E-state index contributed by atoms with van der Waals surface area (Å²) < 4.78 is -0.251. The van der Waals surface area contributed by atoms with Crippen LogP contribution in [0.4, 0.5) is 4.79 Å². The Kier molecular flexibility index (Phi) is 5.61. The standard InChI is InChI=1S/C7H12N2O4.Na/c10-4-3-9(5-6(11)12)2-1-8-7(9)13;/h10H,1-5H2,(H-,8,11,12,13);/q;+1. The van der Waals surface area contributed by atoms with Gasteiger partial charge in [-0.1, -0.05) is 0 Å². The molecule has 1 fully saturated rings. The van der Waals surface area contributed by atoms with Crippen molar-refractivity contribution < 1.29 is 53.8 Å². The average Bonchev–Trinajstić information content (AvgIpc) is 2.32. The van der Waals surface area contributed by atoms with Gasteiger partial charge >= 0.3 is 35.6 Å². The third kappa shape index (κ3) is 2.93. The Balaban J connectivity index is 0.00000169. The van der Waals surface area contributed by atoms with Gasteiger partial charge < -0.3 is 15.0 Å². The molecular weight excluding hydrogens is 199 g/mol. The zero-order valence-corrected chi connectivity index (χ0v) is 10.2. The molecule has 1 aliphatic rings. The third-order valence-electron chi connectivity index (χ3n) is 2.21. The van der Waals surface area contributed by atoms with Crippen molar-refractivity contribution in [1.29, 1.82) is 0 Å². The van der Waals surface area contributed by atoms with Gasteiger partial charge in [0.2, 0.25) is 0 Å². The summed E-state index contributed by atoms with van der Waals surface area (Å²) in [5.74, 6) is -1.27. The molecule has 0 saturated carbocycles. The number of carboxylic acids is 1. The quantitative estimate of drug-likeness (QED) is 0.358. The summed E-state index contributed by atoms with van der Waals surface area (Å²) >= 11 is 0. The van der Waals surface area contributed by atoms with E-state index in [0.717, 1.165) is 0 Å². The molecule has 7 heteroatoms. The number of carbonyl (C=O) groups is 2. The molecule has 0 aromatic carbocycles. The topological polar surface area (TPSA) is 89.5 Å². The number of quaternary nitrogens is 1. The first kappa shape index (κ1) is 13.9. The monoisotopic (exact) mass is 211 g/mol. The molecule has 0 aliphatic carbocycles. The minimum atomic E-state index is -1.27. The summed E-state index contributed by atoms with van der Waals surface area (Å²) in [5.41, 5.74) is 0.